The van der Waals surface area contributed by atoms with E-state index in [9.17, 15) is 18.0 Å². The molecule has 2 aromatic rings. The van der Waals surface area contributed by atoms with Crippen LogP contribution in [-0.2, 0) is 19.1 Å². The molecule has 0 N–H and O–H groups in total. The van der Waals surface area contributed by atoms with Gasteiger partial charge in [0.2, 0.25) is 0 Å². The van der Waals surface area contributed by atoms with E-state index in [-0.39, 0.29) is 23.6 Å². The molecule has 1 aliphatic carbocycles. The summed E-state index contributed by atoms with van der Waals surface area (Å²) in [5.74, 6) is 0. The molecule has 0 saturated carbocycles. The van der Waals surface area contributed by atoms with Gasteiger partial charge in [-0.1, -0.05) is 41.9 Å². The molecule has 1 fully saturated rings. The van der Waals surface area contributed by atoms with Crippen molar-refractivity contribution in [3.05, 3.63) is 69.7 Å². The van der Waals surface area contributed by atoms with Crippen LogP contribution >= 0.6 is 11.6 Å². The van der Waals surface area contributed by atoms with Gasteiger partial charge in [0.1, 0.15) is 0 Å². The number of alkyl halides is 3. The summed E-state index contributed by atoms with van der Waals surface area (Å²) < 4.78 is 38.3. The number of rotatable bonds is 3. The third-order valence-electron chi connectivity index (χ3n) is 5.35. The van der Waals surface area contributed by atoms with E-state index < -0.39 is 11.7 Å². The van der Waals surface area contributed by atoms with Crippen LogP contribution in [0, 0.1) is 0 Å². The van der Waals surface area contributed by atoms with E-state index in [0.29, 0.717) is 18.7 Å². The van der Waals surface area contributed by atoms with Gasteiger partial charge in [-0.15, -0.1) is 0 Å². The monoisotopic (exact) mass is 394 g/mol. The van der Waals surface area contributed by atoms with Crippen LogP contribution in [0.1, 0.15) is 34.7 Å². The Bertz CT molecular complexity index is 884. The topological polar surface area (TPSA) is 23.6 Å². The third-order valence-corrected chi connectivity index (χ3v) is 5.70. The first-order chi connectivity index (χ1) is 12.8. The van der Waals surface area contributed by atoms with Crippen LogP contribution in [0.15, 0.2) is 42.5 Å². The lowest BCUT2D eigenvalue weighted by Crippen LogP contribution is -2.33. The highest BCUT2D eigenvalue weighted by atomic mass is 35.5. The Balaban J connectivity index is 1.49. The molecule has 2 aliphatic rings. The smallest absolute Gasteiger partial charge is 0.318 e. The van der Waals surface area contributed by atoms with Crippen LogP contribution in [0.4, 0.5) is 18.0 Å². The maximum absolute atomic E-state index is 12.9. The van der Waals surface area contributed by atoms with Crippen molar-refractivity contribution in [2.45, 2.75) is 31.6 Å². The van der Waals surface area contributed by atoms with Crippen molar-refractivity contribution in [1.82, 2.24) is 9.80 Å². The molecule has 1 aliphatic heterocycles. The normalized spacial score (nSPS) is 19.7. The number of fused-ring (bicyclic) bond motifs is 1. The Morgan fingerprint density at radius 1 is 1.11 bits per heavy atom. The highest BCUT2D eigenvalue weighted by Gasteiger charge is 2.37. The Morgan fingerprint density at radius 2 is 1.89 bits per heavy atom. The molecule has 7 heteroatoms. The Hall–Kier alpha value is -2.21. The molecule has 1 heterocycles. The second-order valence-corrected chi connectivity index (χ2v) is 7.36. The van der Waals surface area contributed by atoms with Crippen molar-refractivity contribution in [1.29, 1.82) is 0 Å². The van der Waals surface area contributed by atoms with Crippen molar-refractivity contribution in [3.63, 3.8) is 0 Å². The maximum atomic E-state index is 12.9. The third kappa shape index (κ3) is 3.38. The Morgan fingerprint density at radius 3 is 2.63 bits per heavy atom. The van der Waals surface area contributed by atoms with Crippen molar-refractivity contribution < 1.29 is 18.0 Å². The van der Waals surface area contributed by atoms with Gasteiger partial charge in [0.25, 0.3) is 0 Å². The lowest BCUT2D eigenvalue weighted by Gasteiger charge is -2.25. The zero-order valence-corrected chi connectivity index (χ0v) is 15.2. The maximum Gasteiger partial charge on any atom is 0.416 e. The molecule has 3 nitrogen and oxygen atoms in total. The van der Waals surface area contributed by atoms with Crippen LogP contribution in [0.3, 0.4) is 0 Å². The van der Waals surface area contributed by atoms with Crippen LogP contribution in [0.25, 0.3) is 0 Å². The van der Waals surface area contributed by atoms with Crippen molar-refractivity contribution in [2.24, 2.45) is 0 Å². The fourth-order valence-corrected chi connectivity index (χ4v) is 4.19. The van der Waals surface area contributed by atoms with Gasteiger partial charge < -0.3 is 9.80 Å². The number of carbonyl (C=O) groups is 1. The van der Waals surface area contributed by atoms with E-state index in [1.54, 1.807) is 4.90 Å². The van der Waals surface area contributed by atoms with Crippen molar-refractivity contribution in [2.75, 3.05) is 13.1 Å². The van der Waals surface area contributed by atoms with E-state index >= 15 is 0 Å². The van der Waals surface area contributed by atoms with Gasteiger partial charge in [0, 0.05) is 24.7 Å². The fraction of sp³-hybridized carbons (Fsp3) is 0.350. The number of hydrogen-bond acceptors (Lipinski definition) is 1. The lowest BCUT2D eigenvalue weighted by atomic mass is 10.1. The molecular formula is C20H18ClF3N2O. The Kier molecular flexibility index (Phi) is 4.54. The van der Waals surface area contributed by atoms with Gasteiger partial charge in [0.05, 0.1) is 11.6 Å². The molecule has 2 aromatic carbocycles. The first-order valence-corrected chi connectivity index (χ1v) is 9.21. The van der Waals surface area contributed by atoms with Gasteiger partial charge in [-0.25, -0.2) is 4.79 Å². The van der Waals surface area contributed by atoms with E-state index in [0.717, 1.165) is 25.0 Å². The molecule has 0 radical (unpaired) electrons. The molecule has 2 amide bonds. The average Bonchev–Trinajstić information content (AvgIpc) is 3.20. The molecule has 1 atom stereocenters. The van der Waals surface area contributed by atoms with Crippen LogP contribution in [-0.4, -0.2) is 28.9 Å². The number of amides is 2. The number of halogens is 4. The SMILES string of the molecule is O=C1N(Cc2ccc(C(F)(F)F)cc2Cl)CCN1C1CCc2ccccc21. The summed E-state index contributed by atoms with van der Waals surface area (Å²) >= 11 is 6.04. The lowest BCUT2D eigenvalue weighted by molar-refractivity contribution is -0.137. The molecule has 0 bridgehead atoms. The van der Waals surface area contributed by atoms with E-state index in [2.05, 4.69) is 12.1 Å². The van der Waals surface area contributed by atoms with Gasteiger partial charge >= 0.3 is 12.2 Å². The van der Waals surface area contributed by atoms with E-state index in [4.69, 9.17) is 11.6 Å². The van der Waals surface area contributed by atoms with Crippen LogP contribution < -0.4 is 0 Å². The highest BCUT2D eigenvalue weighted by Crippen LogP contribution is 2.38. The summed E-state index contributed by atoms with van der Waals surface area (Å²) in [7, 11) is 0. The standard InChI is InChI=1S/C20H18ClF3N2O/c21-17-11-15(20(22,23)24)7-5-14(17)12-25-9-10-26(19(25)27)18-8-6-13-3-1-2-4-16(13)18/h1-5,7,11,18H,6,8-10,12H2. The predicted molar refractivity (Wildman–Crippen MR) is 96.5 cm³/mol. The molecule has 1 unspecified atom stereocenters. The number of hydrogen-bond donors (Lipinski definition) is 0. The predicted octanol–water partition coefficient (Wildman–Crippen LogP) is 5.28. The van der Waals surface area contributed by atoms with E-state index in [1.807, 2.05) is 17.0 Å². The fourth-order valence-electron chi connectivity index (χ4n) is 3.95. The quantitative estimate of drug-likeness (QED) is 0.694. The second kappa shape index (κ2) is 6.75. The first kappa shape index (κ1) is 18.2. The average molecular weight is 395 g/mol. The number of benzene rings is 2. The Labute approximate surface area is 160 Å². The number of carbonyl (C=O) groups excluding carboxylic acids is 1. The summed E-state index contributed by atoms with van der Waals surface area (Å²) in [6, 6.07) is 11.4. The van der Waals surface area contributed by atoms with Crippen LogP contribution in [0.5, 0.6) is 0 Å². The number of aryl methyl sites for hydroxylation is 1. The van der Waals surface area contributed by atoms with Crippen molar-refractivity contribution in [3.8, 4) is 0 Å². The first-order valence-electron chi connectivity index (χ1n) is 8.83. The molecule has 142 valence electrons. The molecular weight excluding hydrogens is 377 g/mol. The molecule has 0 aromatic heterocycles. The summed E-state index contributed by atoms with van der Waals surface area (Å²) in [6.45, 7) is 1.35. The number of nitrogens with zero attached hydrogens (tertiary/aromatic N) is 2. The minimum Gasteiger partial charge on any atom is -0.318 e. The minimum atomic E-state index is -4.43. The summed E-state index contributed by atoms with van der Waals surface area (Å²) in [5, 5.41) is 0.0299. The molecule has 1 saturated heterocycles. The molecule has 4 rings (SSSR count). The molecule has 27 heavy (non-hydrogen) atoms. The summed E-state index contributed by atoms with van der Waals surface area (Å²) in [4.78, 5) is 16.4. The number of urea groups is 1. The van der Waals surface area contributed by atoms with Gasteiger partial charge in [-0.3, -0.25) is 0 Å². The zero-order valence-electron chi connectivity index (χ0n) is 14.5. The van der Waals surface area contributed by atoms with Crippen molar-refractivity contribution >= 4 is 17.6 Å². The largest absolute Gasteiger partial charge is 0.416 e. The second-order valence-electron chi connectivity index (χ2n) is 6.95. The summed E-state index contributed by atoms with van der Waals surface area (Å²) in [5.41, 5.74) is 2.21. The van der Waals surface area contributed by atoms with Crippen LogP contribution in [0.2, 0.25) is 5.02 Å². The highest BCUT2D eigenvalue weighted by molar-refractivity contribution is 6.31. The van der Waals surface area contributed by atoms with Gasteiger partial charge in [-0.05, 0) is 41.7 Å². The minimum absolute atomic E-state index is 0.0299. The van der Waals surface area contributed by atoms with E-state index in [1.165, 1.54) is 17.2 Å². The van der Waals surface area contributed by atoms with Gasteiger partial charge in [0.15, 0.2) is 0 Å². The molecule has 0 spiro atoms. The van der Waals surface area contributed by atoms with Gasteiger partial charge in [-0.2, -0.15) is 13.2 Å². The zero-order chi connectivity index (χ0) is 19.2. The summed E-state index contributed by atoms with van der Waals surface area (Å²) in [6.07, 6.45) is -2.58.